The molecule has 0 unspecified atom stereocenters. The summed E-state index contributed by atoms with van der Waals surface area (Å²) in [6.45, 7) is 5.86. The van der Waals surface area contributed by atoms with Crippen LogP contribution in [-0.4, -0.2) is 33.6 Å². The number of aliphatic hydroxyl groups is 1. The lowest BCUT2D eigenvalue weighted by molar-refractivity contribution is 0.0912. The topological polar surface area (TPSA) is 90.0 Å². The molecule has 0 radical (unpaired) electrons. The van der Waals surface area contributed by atoms with E-state index in [0.717, 1.165) is 28.1 Å². The van der Waals surface area contributed by atoms with E-state index in [1.165, 1.54) is 0 Å². The number of hydrogen-bond acceptors (Lipinski definition) is 4. The standard InChI is InChI=1S/C22H25ClN4O2/c1-13(2)26-21-9-18(14(3)10-25-21)16-8-19(24-11-16)22(29)27-20(12-28)15-5-4-6-17(23)7-15/h4-11,13,20,24,28H,12H2,1-3H3,(H,25,26)(H,27,29)/t20-/m1/s1. The highest BCUT2D eigenvalue weighted by atomic mass is 35.5. The van der Waals surface area contributed by atoms with E-state index < -0.39 is 6.04 Å². The number of H-pyrrole nitrogens is 1. The number of aryl methyl sites for hydroxylation is 1. The van der Waals surface area contributed by atoms with Gasteiger partial charge in [0.1, 0.15) is 11.5 Å². The number of aromatic amines is 1. The summed E-state index contributed by atoms with van der Waals surface area (Å²) >= 11 is 6.02. The molecule has 0 aliphatic heterocycles. The molecule has 6 nitrogen and oxygen atoms in total. The molecule has 152 valence electrons. The smallest absolute Gasteiger partial charge is 0.268 e. The second-order valence-corrected chi connectivity index (χ2v) is 7.69. The lowest BCUT2D eigenvalue weighted by Gasteiger charge is -2.16. The first-order chi connectivity index (χ1) is 13.9. The molecule has 2 heterocycles. The lowest BCUT2D eigenvalue weighted by Crippen LogP contribution is -2.31. The molecule has 7 heteroatoms. The predicted molar refractivity (Wildman–Crippen MR) is 116 cm³/mol. The second kappa shape index (κ2) is 9.11. The molecule has 1 atom stereocenters. The van der Waals surface area contributed by atoms with Gasteiger partial charge in [0, 0.05) is 29.0 Å². The Morgan fingerprint density at radius 1 is 1.28 bits per heavy atom. The minimum atomic E-state index is -0.544. The Morgan fingerprint density at radius 2 is 2.07 bits per heavy atom. The number of anilines is 1. The third-order valence-corrected chi connectivity index (χ3v) is 4.75. The summed E-state index contributed by atoms with van der Waals surface area (Å²) in [6, 6.07) is 10.6. The van der Waals surface area contributed by atoms with Gasteiger partial charge < -0.3 is 20.7 Å². The van der Waals surface area contributed by atoms with Crippen LogP contribution in [0.25, 0.3) is 11.1 Å². The monoisotopic (exact) mass is 412 g/mol. The van der Waals surface area contributed by atoms with Gasteiger partial charge in [-0.2, -0.15) is 0 Å². The van der Waals surface area contributed by atoms with Crippen LogP contribution in [0.4, 0.5) is 5.82 Å². The maximum Gasteiger partial charge on any atom is 0.268 e. The van der Waals surface area contributed by atoms with Crippen molar-refractivity contribution in [3.05, 3.63) is 70.6 Å². The Morgan fingerprint density at radius 3 is 2.76 bits per heavy atom. The fraction of sp³-hybridized carbons (Fsp3) is 0.273. The first-order valence-corrected chi connectivity index (χ1v) is 9.84. The van der Waals surface area contributed by atoms with Crippen LogP contribution in [-0.2, 0) is 0 Å². The van der Waals surface area contributed by atoms with E-state index in [9.17, 15) is 9.90 Å². The highest BCUT2D eigenvalue weighted by Crippen LogP contribution is 2.26. The van der Waals surface area contributed by atoms with Crippen LogP contribution >= 0.6 is 11.6 Å². The molecular formula is C22H25ClN4O2. The predicted octanol–water partition coefficient (Wildman–Crippen LogP) is 4.32. The molecule has 0 saturated heterocycles. The molecule has 0 fully saturated rings. The first kappa shape index (κ1) is 20.9. The Bertz CT molecular complexity index is 1000. The number of pyridine rings is 1. The van der Waals surface area contributed by atoms with E-state index in [-0.39, 0.29) is 18.6 Å². The average molecular weight is 413 g/mol. The number of benzene rings is 1. The Balaban J connectivity index is 1.79. The third-order valence-electron chi connectivity index (χ3n) is 4.52. The number of aromatic nitrogens is 2. The number of carbonyl (C=O) groups excluding carboxylic acids is 1. The third kappa shape index (κ3) is 5.16. The Hall–Kier alpha value is -2.83. The van der Waals surface area contributed by atoms with Crippen LogP contribution in [0.3, 0.4) is 0 Å². The van der Waals surface area contributed by atoms with E-state index in [2.05, 4.69) is 34.4 Å². The SMILES string of the molecule is Cc1cnc(NC(C)C)cc1-c1c[nH]c(C(=O)N[C@H](CO)c2cccc(Cl)c2)c1. The summed E-state index contributed by atoms with van der Waals surface area (Å²) in [4.78, 5) is 20.1. The second-order valence-electron chi connectivity index (χ2n) is 7.25. The van der Waals surface area contributed by atoms with Gasteiger partial charge in [-0.15, -0.1) is 0 Å². The highest BCUT2D eigenvalue weighted by molar-refractivity contribution is 6.30. The van der Waals surface area contributed by atoms with Gasteiger partial charge >= 0.3 is 0 Å². The maximum atomic E-state index is 12.7. The van der Waals surface area contributed by atoms with Gasteiger partial charge in [0.15, 0.2) is 0 Å². The van der Waals surface area contributed by atoms with E-state index in [1.807, 2.05) is 25.3 Å². The number of rotatable bonds is 7. The minimum Gasteiger partial charge on any atom is -0.394 e. The van der Waals surface area contributed by atoms with E-state index in [4.69, 9.17) is 11.6 Å². The fourth-order valence-electron chi connectivity index (χ4n) is 3.08. The Labute approximate surface area is 175 Å². The number of amides is 1. The van der Waals surface area contributed by atoms with E-state index in [0.29, 0.717) is 10.7 Å². The maximum absolute atomic E-state index is 12.7. The summed E-state index contributed by atoms with van der Waals surface area (Å²) in [7, 11) is 0. The van der Waals surface area contributed by atoms with Crippen molar-refractivity contribution >= 4 is 23.3 Å². The molecule has 0 aliphatic rings. The van der Waals surface area contributed by atoms with Crippen molar-refractivity contribution in [2.45, 2.75) is 32.9 Å². The average Bonchev–Trinajstić information content (AvgIpc) is 3.17. The van der Waals surface area contributed by atoms with Crippen molar-refractivity contribution in [3.8, 4) is 11.1 Å². The van der Waals surface area contributed by atoms with Gasteiger partial charge in [-0.1, -0.05) is 23.7 Å². The van der Waals surface area contributed by atoms with E-state index >= 15 is 0 Å². The van der Waals surface area contributed by atoms with Crippen molar-refractivity contribution < 1.29 is 9.90 Å². The number of aliphatic hydroxyl groups excluding tert-OH is 1. The number of halogens is 1. The summed E-state index contributed by atoms with van der Waals surface area (Å²) < 4.78 is 0. The van der Waals surface area contributed by atoms with Crippen molar-refractivity contribution in [2.24, 2.45) is 0 Å². The van der Waals surface area contributed by atoms with Crippen LogP contribution in [0.2, 0.25) is 5.02 Å². The van der Waals surface area contributed by atoms with Gasteiger partial charge in [-0.3, -0.25) is 4.79 Å². The largest absolute Gasteiger partial charge is 0.394 e. The lowest BCUT2D eigenvalue weighted by atomic mass is 10.0. The summed E-state index contributed by atoms with van der Waals surface area (Å²) in [6.07, 6.45) is 3.61. The summed E-state index contributed by atoms with van der Waals surface area (Å²) in [5, 5.41) is 16.4. The Kier molecular flexibility index (Phi) is 6.56. The zero-order valence-corrected chi connectivity index (χ0v) is 17.4. The molecule has 0 bridgehead atoms. The molecule has 29 heavy (non-hydrogen) atoms. The van der Waals surface area contributed by atoms with Crippen LogP contribution < -0.4 is 10.6 Å². The number of nitrogens with zero attached hydrogens (tertiary/aromatic N) is 1. The quantitative estimate of drug-likeness (QED) is 0.465. The van der Waals surface area contributed by atoms with Gasteiger partial charge in [0.05, 0.1) is 12.6 Å². The van der Waals surface area contributed by atoms with Crippen molar-refractivity contribution in [1.29, 1.82) is 0 Å². The van der Waals surface area contributed by atoms with Gasteiger partial charge in [-0.25, -0.2) is 4.98 Å². The van der Waals surface area contributed by atoms with Gasteiger partial charge in [0.25, 0.3) is 5.91 Å². The zero-order chi connectivity index (χ0) is 21.0. The summed E-state index contributed by atoms with van der Waals surface area (Å²) in [5.41, 5.74) is 4.05. The van der Waals surface area contributed by atoms with Gasteiger partial charge in [0.2, 0.25) is 0 Å². The molecule has 0 saturated carbocycles. The summed E-state index contributed by atoms with van der Waals surface area (Å²) in [5.74, 6) is 0.483. The van der Waals surface area contributed by atoms with Crippen molar-refractivity contribution in [2.75, 3.05) is 11.9 Å². The van der Waals surface area contributed by atoms with Crippen molar-refractivity contribution in [1.82, 2.24) is 15.3 Å². The molecule has 1 amide bonds. The molecule has 1 aromatic carbocycles. The molecule has 2 aromatic heterocycles. The molecule has 3 rings (SSSR count). The van der Waals surface area contributed by atoms with Crippen LogP contribution in [0, 0.1) is 6.92 Å². The fourth-order valence-corrected chi connectivity index (χ4v) is 3.28. The van der Waals surface area contributed by atoms with Crippen LogP contribution in [0.5, 0.6) is 0 Å². The van der Waals surface area contributed by atoms with E-state index in [1.54, 1.807) is 30.5 Å². The first-order valence-electron chi connectivity index (χ1n) is 9.46. The number of carbonyl (C=O) groups is 1. The normalized spacial score (nSPS) is 12.1. The molecule has 3 aromatic rings. The molecular weight excluding hydrogens is 388 g/mol. The zero-order valence-electron chi connectivity index (χ0n) is 16.7. The van der Waals surface area contributed by atoms with Gasteiger partial charge in [-0.05, 0) is 61.7 Å². The highest BCUT2D eigenvalue weighted by Gasteiger charge is 2.17. The van der Waals surface area contributed by atoms with Crippen LogP contribution in [0.15, 0.2) is 48.8 Å². The molecule has 0 aliphatic carbocycles. The molecule has 0 spiro atoms. The van der Waals surface area contributed by atoms with Crippen LogP contribution in [0.1, 0.15) is 41.5 Å². The molecule has 4 N–H and O–H groups in total. The van der Waals surface area contributed by atoms with Crippen molar-refractivity contribution in [3.63, 3.8) is 0 Å². The number of hydrogen-bond donors (Lipinski definition) is 4. The number of nitrogens with one attached hydrogen (secondary N) is 3. The minimum absolute atomic E-state index is 0.229.